The average molecular weight is 888 g/mol. The zero-order valence-corrected chi connectivity index (χ0v) is 41.2. The van der Waals surface area contributed by atoms with E-state index in [1.807, 2.05) is 0 Å². The number of hydrogen-bond acceptors (Lipinski definition) is 0. The van der Waals surface area contributed by atoms with Crippen LogP contribution in [0.25, 0.3) is 0 Å². The first-order valence-electron chi connectivity index (χ1n) is 20.1. The van der Waals surface area contributed by atoms with Crippen molar-refractivity contribution in [1.82, 2.24) is 0 Å². The van der Waals surface area contributed by atoms with Gasteiger partial charge in [0.25, 0.3) is 0 Å². The molecule has 6 aromatic rings. The summed E-state index contributed by atoms with van der Waals surface area (Å²) in [5, 5.41) is 4.32. The summed E-state index contributed by atoms with van der Waals surface area (Å²) in [7, 11) is -3.27. The Kier molecular flexibility index (Phi) is 17.3. The molecule has 0 saturated carbocycles. The van der Waals surface area contributed by atoms with Crippen molar-refractivity contribution < 1.29 is 58.9 Å². The fraction of sp³-hybridized carbons (Fsp3) is 0.259. The van der Waals surface area contributed by atoms with Crippen molar-refractivity contribution in [3.63, 3.8) is 0 Å². The van der Waals surface area contributed by atoms with Crippen molar-refractivity contribution in [2.45, 2.75) is 93.5 Å². The Hall–Kier alpha value is -3.40. The van der Waals surface area contributed by atoms with Crippen LogP contribution < -0.4 is 52.8 Å². The van der Waals surface area contributed by atoms with Gasteiger partial charge in [-0.05, 0) is 126 Å². The Balaban J connectivity index is 0.00000233. The van der Waals surface area contributed by atoms with E-state index in [0.717, 1.165) is 19.3 Å². The summed E-state index contributed by atoms with van der Waals surface area (Å²) in [4.78, 5) is 0. The maximum atomic E-state index is 4.38. The Morgan fingerprint density at radius 2 is 0.678 bits per heavy atom. The van der Waals surface area contributed by atoms with E-state index in [4.69, 9.17) is 0 Å². The van der Waals surface area contributed by atoms with Crippen molar-refractivity contribution in [2.24, 2.45) is 0 Å². The number of rotatable bonds is 10. The molecule has 0 heterocycles. The molecule has 0 fully saturated rings. The predicted octanol–water partition coefficient (Wildman–Crippen LogP) is 2.65. The predicted molar refractivity (Wildman–Crippen MR) is 239 cm³/mol. The molecule has 302 valence electrons. The molecule has 0 aliphatic heterocycles. The third-order valence-electron chi connectivity index (χ3n) is 13.1. The second kappa shape index (κ2) is 20.4. The molecule has 1 atom stereocenters. The summed E-state index contributed by atoms with van der Waals surface area (Å²) in [6.45, 7) is 24.0. The van der Waals surface area contributed by atoms with Gasteiger partial charge < -0.3 is 37.2 Å². The minimum atomic E-state index is -3.27. The van der Waals surface area contributed by atoms with E-state index in [1.165, 1.54) is 83.5 Å². The summed E-state index contributed by atoms with van der Waals surface area (Å²) in [6.07, 6.45) is 7.04. The van der Waals surface area contributed by atoms with Gasteiger partial charge in [-0.25, -0.2) is 5.57 Å². The quantitative estimate of drug-likeness (QED) is 0.113. The molecule has 0 nitrogen and oxygen atoms in total. The molecule has 0 saturated heterocycles. The molecule has 1 aliphatic carbocycles. The Labute approximate surface area is 390 Å². The minimum absolute atomic E-state index is 0. The van der Waals surface area contributed by atoms with Gasteiger partial charge >= 0.3 is 21.7 Å². The monoisotopic (exact) mass is 886 g/mol. The molecule has 0 radical (unpaired) electrons. The average Bonchev–Trinajstić information content (AvgIpc) is 3.39. The van der Waals surface area contributed by atoms with Gasteiger partial charge in [0, 0.05) is 0 Å². The zero-order valence-electron chi connectivity index (χ0n) is 36.4. The van der Waals surface area contributed by atoms with Gasteiger partial charge in [0.2, 0.25) is 0 Å². The van der Waals surface area contributed by atoms with Crippen LogP contribution in [0.5, 0.6) is 0 Å². The minimum Gasteiger partial charge on any atom is -1.00 e. The first-order valence-corrected chi connectivity index (χ1v) is 22.1. The Morgan fingerprint density at radius 3 is 0.932 bits per heavy atom. The van der Waals surface area contributed by atoms with Crippen molar-refractivity contribution in [1.29, 1.82) is 0 Å². The summed E-state index contributed by atoms with van der Waals surface area (Å²) in [6, 6.07) is 48.0. The molecule has 7 rings (SSSR count). The van der Waals surface area contributed by atoms with Crippen molar-refractivity contribution in [2.75, 3.05) is 0 Å². The fourth-order valence-electron chi connectivity index (χ4n) is 9.98. The van der Waals surface area contributed by atoms with Gasteiger partial charge in [-0.15, -0.1) is 6.92 Å². The van der Waals surface area contributed by atoms with Gasteiger partial charge in [0.1, 0.15) is 8.07 Å². The molecule has 0 spiro atoms. The number of allylic oxidation sites excluding steroid dienone is 4. The second-order valence-electron chi connectivity index (χ2n) is 16.5. The second-order valence-corrected chi connectivity index (χ2v) is 20.5. The topological polar surface area (TPSA) is 0 Å². The van der Waals surface area contributed by atoms with Crippen LogP contribution in [0.4, 0.5) is 0 Å². The smallest absolute Gasteiger partial charge is 1.00 e. The van der Waals surface area contributed by atoms with Crippen LogP contribution in [0.3, 0.4) is 0 Å². The molecule has 0 N–H and O–H groups in total. The SMILES string of the molecule is CC1=[C-]C(C)([Si](c2c(C)ccc(C)c2Cc2ccccc2)(c2c(C)ccc(C)c2Cc2ccccc2)c2c(C)ccc(C)c2Cc2ccccc2)C(C)=C1C.[Cl-].[Cl-].[Cl-].[Ti+4]. The van der Waals surface area contributed by atoms with Crippen LogP contribution in [-0.2, 0) is 41.0 Å². The maximum absolute atomic E-state index is 4.38. The summed E-state index contributed by atoms with van der Waals surface area (Å²) < 4.78 is 0. The number of benzene rings is 6. The Bertz CT molecular complexity index is 2220. The number of aryl methyl sites for hydroxylation is 6. The van der Waals surface area contributed by atoms with Crippen LogP contribution in [0.15, 0.2) is 144 Å². The van der Waals surface area contributed by atoms with Gasteiger partial charge in [-0.2, -0.15) is 11.1 Å². The number of halogens is 3. The van der Waals surface area contributed by atoms with E-state index < -0.39 is 8.07 Å². The first-order chi connectivity index (χ1) is 26.4. The standard InChI is InChI=1S/C54H57Si.3ClH.Ti/c1-36-26-29-39(4)51(48(36)32-45-20-14-11-15-21-45)55(54(10)35-42(7)43(8)44(54)9,52-40(5)30-27-37(2)49(52)33-46-22-16-12-17-23-46)53-41(6)31-28-38(3)50(53)34-47-24-18-13-19-25-47;;;;/h11-31H,32-34H2,1-10H3;3*1H;/q-1;;;;+4/p-3. The van der Waals surface area contributed by atoms with Gasteiger partial charge in [-0.3, -0.25) is 6.08 Å². The third kappa shape index (κ3) is 8.99. The van der Waals surface area contributed by atoms with Gasteiger partial charge in [-0.1, -0.05) is 170 Å². The number of hydrogen-bond donors (Lipinski definition) is 0. The van der Waals surface area contributed by atoms with Crippen molar-refractivity contribution in [3.8, 4) is 0 Å². The molecule has 0 aromatic heterocycles. The zero-order chi connectivity index (χ0) is 39.1. The van der Waals surface area contributed by atoms with E-state index in [0.29, 0.717) is 0 Å². The largest absolute Gasteiger partial charge is 4.00 e. The molecular formula is C54H57Cl3SiTi. The summed E-state index contributed by atoms with van der Waals surface area (Å²) >= 11 is 0. The van der Waals surface area contributed by atoms with Crippen molar-refractivity contribution >= 4 is 23.6 Å². The van der Waals surface area contributed by atoms with E-state index in [-0.39, 0.29) is 64.0 Å². The molecule has 0 amide bonds. The fourth-order valence-corrected chi connectivity index (χ4v) is 17.6. The van der Waals surface area contributed by atoms with Crippen LogP contribution in [0, 0.1) is 47.6 Å². The van der Waals surface area contributed by atoms with Gasteiger partial charge in [0.05, 0.1) is 0 Å². The summed E-state index contributed by atoms with van der Waals surface area (Å²) in [5.41, 5.74) is 20.9. The molecule has 5 heteroatoms. The van der Waals surface area contributed by atoms with E-state index in [9.17, 15) is 0 Å². The molecular weight excluding hydrogens is 831 g/mol. The first kappa shape index (κ1) is 50.0. The van der Waals surface area contributed by atoms with Gasteiger partial charge in [0.15, 0.2) is 0 Å². The van der Waals surface area contributed by atoms with Crippen LogP contribution in [0.1, 0.15) is 94.5 Å². The molecule has 59 heavy (non-hydrogen) atoms. The molecule has 1 aliphatic rings. The third-order valence-corrected chi connectivity index (χ3v) is 19.5. The van der Waals surface area contributed by atoms with Crippen LogP contribution >= 0.6 is 0 Å². The summed E-state index contributed by atoms with van der Waals surface area (Å²) in [5.74, 6) is 0. The van der Waals surface area contributed by atoms with E-state index in [1.54, 1.807) is 15.6 Å². The maximum Gasteiger partial charge on any atom is 4.00 e. The van der Waals surface area contributed by atoms with Crippen LogP contribution in [0.2, 0.25) is 5.04 Å². The van der Waals surface area contributed by atoms with E-state index >= 15 is 0 Å². The van der Waals surface area contributed by atoms with Crippen LogP contribution in [-0.4, -0.2) is 8.07 Å². The molecule has 0 bridgehead atoms. The Morgan fingerprint density at radius 1 is 0.407 bits per heavy atom. The normalized spacial score (nSPS) is 14.7. The van der Waals surface area contributed by atoms with E-state index in [2.05, 4.69) is 203 Å². The van der Waals surface area contributed by atoms with Crippen molar-refractivity contribution in [3.05, 3.63) is 217 Å². The molecule has 1 unspecified atom stereocenters. The molecule has 6 aromatic carbocycles.